The summed E-state index contributed by atoms with van der Waals surface area (Å²) in [6, 6.07) is 19.8. The predicted molar refractivity (Wildman–Crippen MR) is 106 cm³/mol. The average Bonchev–Trinajstić information content (AvgIpc) is 3.17. The van der Waals surface area contributed by atoms with E-state index in [2.05, 4.69) is 28.9 Å². The van der Waals surface area contributed by atoms with Gasteiger partial charge in [0.25, 0.3) is 5.91 Å². The Morgan fingerprint density at radius 3 is 2.58 bits per heavy atom. The highest BCUT2D eigenvalue weighted by molar-refractivity contribution is 9.10. The molecule has 1 saturated carbocycles. The number of aromatic nitrogens is 1. The van der Waals surface area contributed by atoms with Crippen LogP contribution in [0.1, 0.15) is 23.8 Å². The number of amides is 1. The maximum atomic E-state index is 13.3. The Kier molecular flexibility index (Phi) is 3.89. The van der Waals surface area contributed by atoms with Gasteiger partial charge in [-0.15, -0.1) is 0 Å². The number of carbonyl (C=O) groups is 1. The number of rotatable bonds is 3. The van der Waals surface area contributed by atoms with Gasteiger partial charge in [0.15, 0.2) is 0 Å². The Bertz CT molecular complexity index is 1050. The second kappa shape index (κ2) is 6.00. The third-order valence-corrected chi connectivity index (χ3v) is 5.79. The fourth-order valence-electron chi connectivity index (χ4n) is 3.64. The van der Waals surface area contributed by atoms with Crippen LogP contribution in [0.4, 0.5) is 5.69 Å². The van der Waals surface area contributed by atoms with Crippen molar-refractivity contribution in [3.63, 3.8) is 0 Å². The van der Waals surface area contributed by atoms with Crippen molar-refractivity contribution in [1.29, 1.82) is 5.26 Å². The molecule has 2 atom stereocenters. The molecule has 1 unspecified atom stereocenters. The molecule has 26 heavy (non-hydrogen) atoms. The number of hydrogen-bond acceptors (Lipinski definition) is 2. The first-order valence-corrected chi connectivity index (χ1v) is 9.33. The molecule has 0 aliphatic heterocycles. The molecule has 1 heterocycles. The van der Waals surface area contributed by atoms with Gasteiger partial charge < -0.3 is 9.47 Å². The van der Waals surface area contributed by atoms with Gasteiger partial charge in [0, 0.05) is 22.6 Å². The van der Waals surface area contributed by atoms with Gasteiger partial charge in [-0.05, 0) is 48.7 Å². The van der Waals surface area contributed by atoms with Crippen molar-refractivity contribution in [3.8, 4) is 6.07 Å². The van der Waals surface area contributed by atoms with Gasteiger partial charge in [-0.25, -0.2) is 0 Å². The van der Waals surface area contributed by atoms with Crippen molar-refractivity contribution in [2.24, 2.45) is 5.92 Å². The summed E-state index contributed by atoms with van der Waals surface area (Å²) in [6.45, 7) is 2.06. The Labute approximate surface area is 160 Å². The molecule has 1 amide bonds. The van der Waals surface area contributed by atoms with E-state index >= 15 is 0 Å². The highest BCUT2D eigenvalue weighted by Gasteiger charge is 2.55. The lowest BCUT2D eigenvalue weighted by Crippen LogP contribution is -2.31. The molecule has 130 valence electrons. The van der Waals surface area contributed by atoms with Gasteiger partial charge in [0.2, 0.25) is 0 Å². The summed E-state index contributed by atoms with van der Waals surface area (Å²) in [5.41, 5.74) is 1.66. The van der Waals surface area contributed by atoms with Gasteiger partial charge in [0.1, 0.15) is 11.2 Å². The topological polar surface area (TPSA) is 49.0 Å². The predicted octanol–water partition coefficient (Wildman–Crippen LogP) is 4.94. The third-order valence-electron chi connectivity index (χ3n) is 5.30. The van der Waals surface area contributed by atoms with Crippen LogP contribution in [-0.4, -0.2) is 17.5 Å². The van der Waals surface area contributed by atoms with Crippen molar-refractivity contribution in [3.05, 3.63) is 64.8 Å². The highest BCUT2D eigenvalue weighted by atomic mass is 79.9. The van der Waals surface area contributed by atoms with E-state index in [9.17, 15) is 10.1 Å². The van der Waals surface area contributed by atoms with Crippen LogP contribution in [0.3, 0.4) is 0 Å². The van der Waals surface area contributed by atoms with Gasteiger partial charge in [0.05, 0.1) is 11.6 Å². The van der Waals surface area contributed by atoms with Gasteiger partial charge in [-0.1, -0.05) is 41.1 Å². The van der Waals surface area contributed by atoms with Gasteiger partial charge in [-0.2, -0.15) is 5.26 Å². The van der Waals surface area contributed by atoms with E-state index < -0.39 is 5.54 Å². The lowest BCUT2D eigenvalue weighted by Gasteiger charge is -2.21. The van der Waals surface area contributed by atoms with E-state index in [1.165, 1.54) is 0 Å². The first-order chi connectivity index (χ1) is 12.5. The Morgan fingerprint density at radius 1 is 1.27 bits per heavy atom. The van der Waals surface area contributed by atoms with E-state index in [1.807, 2.05) is 59.2 Å². The molecule has 1 fully saturated rings. The number of halogens is 1. The van der Waals surface area contributed by atoms with Crippen molar-refractivity contribution in [1.82, 2.24) is 4.57 Å². The van der Waals surface area contributed by atoms with Crippen LogP contribution in [-0.2, 0) is 5.54 Å². The van der Waals surface area contributed by atoms with Crippen molar-refractivity contribution in [2.45, 2.75) is 18.9 Å². The summed E-state index contributed by atoms with van der Waals surface area (Å²) in [5, 5.41) is 10.8. The molecule has 0 radical (unpaired) electrons. The zero-order chi connectivity index (χ0) is 18.5. The summed E-state index contributed by atoms with van der Waals surface area (Å²) < 4.78 is 2.90. The normalized spacial score (nSPS) is 21.4. The Hall–Kier alpha value is -2.58. The number of nitrogens with zero attached hydrogens (tertiary/aromatic N) is 3. The van der Waals surface area contributed by atoms with Crippen molar-refractivity contribution < 1.29 is 4.79 Å². The molecule has 1 aromatic heterocycles. The summed E-state index contributed by atoms with van der Waals surface area (Å²) in [6.07, 6.45) is 0.763. The van der Waals surface area contributed by atoms with Crippen LogP contribution in [0.2, 0.25) is 0 Å². The molecule has 2 aromatic carbocycles. The first-order valence-electron chi connectivity index (χ1n) is 8.54. The number of carbonyl (C=O) groups excluding carboxylic acids is 1. The molecule has 0 N–H and O–H groups in total. The molecule has 0 spiro atoms. The molecule has 3 aromatic rings. The lowest BCUT2D eigenvalue weighted by molar-refractivity contribution is 0.0982. The van der Waals surface area contributed by atoms with E-state index in [1.54, 1.807) is 11.9 Å². The highest BCUT2D eigenvalue weighted by Crippen LogP contribution is 2.52. The maximum absolute atomic E-state index is 13.3. The molecule has 5 heteroatoms. The summed E-state index contributed by atoms with van der Waals surface area (Å²) in [5.74, 6) is 0.109. The number of para-hydroxylation sites is 1. The minimum absolute atomic E-state index is 0.114. The molecule has 0 bridgehead atoms. The molecule has 4 nitrogen and oxygen atoms in total. The van der Waals surface area contributed by atoms with Crippen LogP contribution in [0.25, 0.3) is 10.9 Å². The number of benzene rings is 2. The van der Waals surface area contributed by atoms with Crippen LogP contribution in [0.15, 0.2) is 59.1 Å². The summed E-state index contributed by atoms with van der Waals surface area (Å²) in [4.78, 5) is 14.9. The summed E-state index contributed by atoms with van der Waals surface area (Å²) >= 11 is 3.49. The molecule has 0 saturated heterocycles. The van der Waals surface area contributed by atoms with Crippen molar-refractivity contribution >= 4 is 38.4 Å². The van der Waals surface area contributed by atoms with Crippen LogP contribution in [0.5, 0.6) is 0 Å². The Morgan fingerprint density at radius 2 is 1.96 bits per heavy atom. The second-order valence-electron chi connectivity index (χ2n) is 6.91. The number of hydrogen-bond donors (Lipinski definition) is 0. The quantitative estimate of drug-likeness (QED) is 0.617. The molecular weight excluding hydrogens is 390 g/mol. The number of fused-ring (bicyclic) bond motifs is 1. The van der Waals surface area contributed by atoms with E-state index in [0.29, 0.717) is 5.69 Å². The number of nitriles is 1. The minimum Gasteiger partial charge on any atom is -0.317 e. The number of anilines is 1. The molecule has 4 rings (SSSR count). The third kappa shape index (κ3) is 2.45. The molecule has 1 aliphatic rings. The fraction of sp³-hybridized carbons (Fsp3) is 0.238. The minimum atomic E-state index is -0.641. The average molecular weight is 408 g/mol. The largest absolute Gasteiger partial charge is 0.317 e. The second-order valence-corrected chi connectivity index (χ2v) is 7.82. The van der Waals surface area contributed by atoms with Crippen LogP contribution >= 0.6 is 15.9 Å². The SMILES string of the molecule is C[C@H]1CC1(C#N)n1c(C(=O)N(C)c2ccccc2)cc2cc(Br)ccc21. The molecule has 1 aliphatic carbocycles. The van der Waals surface area contributed by atoms with Crippen LogP contribution < -0.4 is 4.90 Å². The zero-order valence-electron chi connectivity index (χ0n) is 14.6. The lowest BCUT2D eigenvalue weighted by atomic mass is 10.2. The summed E-state index contributed by atoms with van der Waals surface area (Å²) in [7, 11) is 1.77. The van der Waals surface area contributed by atoms with E-state index in [0.717, 1.165) is 27.5 Å². The maximum Gasteiger partial charge on any atom is 0.274 e. The van der Waals surface area contributed by atoms with E-state index in [4.69, 9.17) is 0 Å². The smallest absolute Gasteiger partial charge is 0.274 e. The zero-order valence-corrected chi connectivity index (χ0v) is 16.2. The Balaban J connectivity index is 1.90. The molecular formula is C21H18BrN3O. The van der Waals surface area contributed by atoms with Gasteiger partial charge >= 0.3 is 0 Å². The van der Waals surface area contributed by atoms with Crippen molar-refractivity contribution in [2.75, 3.05) is 11.9 Å². The fourth-order valence-corrected chi connectivity index (χ4v) is 4.02. The monoisotopic (exact) mass is 407 g/mol. The first kappa shape index (κ1) is 16.9. The van der Waals surface area contributed by atoms with E-state index in [-0.39, 0.29) is 11.8 Å². The van der Waals surface area contributed by atoms with Crippen LogP contribution in [0, 0.1) is 17.2 Å². The standard InChI is InChI=1S/C21H18BrN3O/c1-14-12-21(14,13-23)25-18-9-8-16(22)10-15(18)11-19(25)20(26)24(2)17-6-4-3-5-7-17/h3-11,14H,12H2,1-2H3/t14-,21?/m0/s1. The van der Waals surface area contributed by atoms with Gasteiger partial charge in [-0.3, -0.25) is 4.79 Å².